The molecule has 14 heteroatoms. The highest BCUT2D eigenvalue weighted by Crippen LogP contribution is 2.20. The van der Waals surface area contributed by atoms with E-state index < -0.39 is 65.9 Å². The number of benzene rings is 1. The first-order chi connectivity index (χ1) is 24.7. The number of likely N-dealkylation sites (tertiary alicyclic amines) is 1. The molecule has 0 aromatic heterocycles. The zero-order valence-corrected chi connectivity index (χ0v) is 31.3. The van der Waals surface area contributed by atoms with Gasteiger partial charge in [0.2, 0.25) is 29.5 Å². The van der Waals surface area contributed by atoms with E-state index >= 15 is 0 Å². The van der Waals surface area contributed by atoms with Crippen LogP contribution < -0.4 is 21.3 Å². The number of amides is 5. The van der Waals surface area contributed by atoms with Crippen LogP contribution >= 0.6 is 0 Å². The van der Waals surface area contributed by atoms with Crippen molar-refractivity contribution in [2.75, 3.05) is 6.54 Å². The van der Waals surface area contributed by atoms with E-state index in [-0.39, 0.29) is 31.0 Å². The number of hydrogen-bond acceptors (Lipinski definition) is 8. The molecule has 14 nitrogen and oxygen atoms in total. The second-order valence-electron chi connectivity index (χ2n) is 14.0. The quantitative estimate of drug-likeness (QED) is 0.0777. The molecular formula is C38H61N5O9. The third-order valence-corrected chi connectivity index (χ3v) is 9.40. The van der Waals surface area contributed by atoms with E-state index in [1.54, 1.807) is 12.1 Å². The molecule has 0 unspecified atom stereocenters. The van der Waals surface area contributed by atoms with Gasteiger partial charge in [-0.05, 0) is 57.7 Å². The molecule has 1 heterocycles. The van der Waals surface area contributed by atoms with Gasteiger partial charge in [0.25, 0.3) is 0 Å². The number of carbonyl (C=O) groups is 6. The lowest BCUT2D eigenvalue weighted by Gasteiger charge is -2.29. The van der Waals surface area contributed by atoms with E-state index in [0.717, 1.165) is 19.3 Å². The Labute approximate surface area is 307 Å². The molecule has 0 radical (unpaired) electrons. The van der Waals surface area contributed by atoms with Crippen molar-refractivity contribution in [3.8, 4) is 5.75 Å². The van der Waals surface area contributed by atoms with Crippen molar-refractivity contribution >= 4 is 35.5 Å². The summed E-state index contributed by atoms with van der Waals surface area (Å²) in [4.78, 5) is 78.2. The minimum absolute atomic E-state index is 0.0235. The van der Waals surface area contributed by atoms with E-state index in [4.69, 9.17) is 0 Å². The number of phenols is 1. The number of carbonyl (C=O) groups excluding carboxylic acids is 5. The second-order valence-corrected chi connectivity index (χ2v) is 14.0. The Balaban J connectivity index is 1.81. The molecule has 1 fully saturated rings. The molecule has 0 spiro atoms. The fourth-order valence-corrected chi connectivity index (χ4v) is 6.26. The predicted octanol–water partition coefficient (Wildman–Crippen LogP) is 3.07. The lowest BCUT2D eigenvalue weighted by molar-refractivity contribution is -0.144. The normalized spacial score (nSPS) is 16.9. The molecule has 5 amide bonds. The minimum atomic E-state index is -1.28. The molecule has 1 aromatic carbocycles. The van der Waals surface area contributed by atoms with E-state index in [1.807, 2.05) is 0 Å². The van der Waals surface area contributed by atoms with E-state index in [1.165, 1.54) is 82.7 Å². The first-order valence-electron chi connectivity index (χ1n) is 18.9. The molecule has 0 bridgehead atoms. The number of nitrogens with zero attached hydrogens (tertiary/aromatic N) is 1. The monoisotopic (exact) mass is 731 g/mol. The molecule has 6 atom stereocenters. The van der Waals surface area contributed by atoms with Crippen LogP contribution in [-0.2, 0) is 35.2 Å². The maximum atomic E-state index is 13.3. The molecule has 2 rings (SSSR count). The number of carboxylic acids is 1. The van der Waals surface area contributed by atoms with Gasteiger partial charge in [0.1, 0.15) is 36.0 Å². The molecule has 292 valence electrons. The van der Waals surface area contributed by atoms with Gasteiger partial charge in [-0.3, -0.25) is 24.0 Å². The summed E-state index contributed by atoms with van der Waals surface area (Å²) in [6, 6.07) is 0.255. The van der Waals surface area contributed by atoms with Crippen LogP contribution in [0.1, 0.15) is 123 Å². The number of phenolic OH excluding ortho intramolecular Hbond substituents is 1. The van der Waals surface area contributed by atoms with Crippen LogP contribution in [0.2, 0.25) is 0 Å². The number of aliphatic hydroxyl groups is 1. The summed E-state index contributed by atoms with van der Waals surface area (Å²) in [5.41, 5.74) is 0.587. The molecule has 0 aliphatic carbocycles. The third kappa shape index (κ3) is 15.6. The van der Waals surface area contributed by atoms with Crippen molar-refractivity contribution in [3.05, 3.63) is 29.8 Å². The second kappa shape index (κ2) is 23.4. The van der Waals surface area contributed by atoms with E-state index in [2.05, 4.69) is 28.2 Å². The van der Waals surface area contributed by atoms with Crippen molar-refractivity contribution in [1.29, 1.82) is 0 Å². The predicted molar refractivity (Wildman–Crippen MR) is 196 cm³/mol. The average Bonchev–Trinajstić information content (AvgIpc) is 3.59. The van der Waals surface area contributed by atoms with Crippen molar-refractivity contribution in [2.24, 2.45) is 0 Å². The first kappa shape index (κ1) is 44.0. The van der Waals surface area contributed by atoms with Gasteiger partial charge in [0.05, 0.1) is 6.10 Å². The van der Waals surface area contributed by atoms with Gasteiger partial charge in [-0.2, -0.15) is 0 Å². The van der Waals surface area contributed by atoms with Crippen molar-refractivity contribution < 1.29 is 44.1 Å². The van der Waals surface area contributed by atoms with Crippen LogP contribution in [-0.4, -0.2) is 98.6 Å². The highest BCUT2D eigenvalue weighted by Gasteiger charge is 2.38. The Morgan fingerprint density at radius 1 is 0.769 bits per heavy atom. The van der Waals surface area contributed by atoms with E-state index in [0.29, 0.717) is 24.8 Å². The van der Waals surface area contributed by atoms with Gasteiger partial charge >= 0.3 is 5.97 Å². The summed E-state index contributed by atoms with van der Waals surface area (Å²) < 4.78 is 0. The lowest BCUT2D eigenvalue weighted by atomic mass is 10.0. The lowest BCUT2D eigenvalue weighted by Crippen LogP contribution is -2.58. The van der Waals surface area contributed by atoms with Crippen LogP contribution in [0.3, 0.4) is 0 Å². The molecule has 1 aromatic rings. The van der Waals surface area contributed by atoms with Crippen LogP contribution in [0.5, 0.6) is 5.75 Å². The molecule has 52 heavy (non-hydrogen) atoms. The standard InChI is InChI=1S/C38H61N5O9/c1-5-6-7-8-9-10-11-12-13-14-15-18-32(46)42-33(27(4)44)36(49)39-25(2)34(47)40-26(3)37(50)43-23-16-17-31(43)35(48)41-30(38(51)52)24-28-19-21-29(45)22-20-28/h19-22,25-27,30-31,33,44-45H,5-18,23-24H2,1-4H3,(H,39,49)(H,40,47)(H,41,48)(H,42,46)(H,51,52)/t25-,26-,27+,30-,31-,33-/m0/s1. The summed E-state index contributed by atoms with van der Waals surface area (Å²) in [5, 5.41) is 39.5. The van der Waals surface area contributed by atoms with Gasteiger partial charge in [-0.25, -0.2) is 4.79 Å². The summed E-state index contributed by atoms with van der Waals surface area (Å²) in [6.07, 6.45) is 12.3. The maximum absolute atomic E-state index is 13.3. The van der Waals surface area contributed by atoms with Crippen LogP contribution in [0.15, 0.2) is 24.3 Å². The fourth-order valence-electron chi connectivity index (χ4n) is 6.26. The molecular weight excluding hydrogens is 670 g/mol. The average molecular weight is 732 g/mol. The van der Waals surface area contributed by atoms with Gasteiger partial charge in [-0.15, -0.1) is 0 Å². The summed E-state index contributed by atoms with van der Waals surface area (Å²) in [5.74, 6) is -4.22. The Bertz CT molecular complexity index is 1310. The minimum Gasteiger partial charge on any atom is -0.508 e. The van der Waals surface area contributed by atoms with Gasteiger partial charge in [-0.1, -0.05) is 83.3 Å². The number of unbranched alkanes of at least 4 members (excludes halogenated alkanes) is 10. The molecule has 1 aliphatic rings. The highest BCUT2D eigenvalue weighted by molar-refractivity contribution is 5.96. The topological polar surface area (TPSA) is 214 Å². The van der Waals surface area contributed by atoms with Crippen LogP contribution in [0, 0.1) is 0 Å². The van der Waals surface area contributed by atoms with Crippen molar-refractivity contribution in [1.82, 2.24) is 26.2 Å². The molecule has 7 N–H and O–H groups in total. The van der Waals surface area contributed by atoms with Crippen molar-refractivity contribution in [3.63, 3.8) is 0 Å². The maximum Gasteiger partial charge on any atom is 0.326 e. The number of aromatic hydroxyl groups is 1. The Kier molecular flexibility index (Phi) is 19.8. The Morgan fingerprint density at radius 2 is 1.33 bits per heavy atom. The zero-order valence-electron chi connectivity index (χ0n) is 31.3. The Morgan fingerprint density at radius 3 is 1.88 bits per heavy atom. The number of hydrogen-bond donors (Lipinski definition) is 7. The number of nitrogens with one attached hydrogen (secondary N) is 4. The molecule has 1 saturated heterocycles. The summed E-state index contributed by atoms with van der Waals surface area (Å²) in [7, 11) is 0. The summed E-state index contributed by atoms with van der Waals surface area (Å²) >= 11 is 0. The Hall–Kier alpha value is -4.20. The fraction of sp³-hybridized carbons (Fsp3) is 0.684. The van der Waals surface area contributed by atoms with E-state index in [9.17, 15) is 44.1 Å². The van der Waals surface area contributed by atoms with Gasteiger partial charge in [0.15, 0.2) is 0 Å². The molecule has 0 saturated carbocycles. The largest absolute Gasteiger partial charge is 0.508 e. The first-order valence-corrected chi connectivity index (χ1v) is 18.9. The number of aliphatic carboxylic acids is 1. The number of aliphatic hydroxyl groups excluding tert-OH is 1. The third-order valence-electron chi connectivity index (χ3n) is 9.40. The summed E-state index contributed by atoms with van der Waals surface area (Å²) in [6.45, 7) is 6.66. The number of rotatable bonds is 24. The van der Waals surface area contributed by atoms with Gasteiger partial charge in [0, 0.05) is 19.4 Å². The SMILES string of the molecule is CCCCCCCCCCCCCC(=O)N[C@H](C(=O)N[C@@H](C)C(=O)N[C@@H](C)C(=O)N1CCC[C@H]1C(=O)N[C@@H](Cc1ccc(O)cc1)C(=O)O)[C@@H](C)O. The van der Waals surface area contributed by atoms with Crippen LogP contribution in [0.4, 0.5) is 0 Å². The zero-order chi connectivity index (χ0) is 38.6. The highest BCUT2D eigenvalue weighted by atomic mass is 16.4. The van der Waals surface area contributed by atoms with Gasteiger partial charge < -0.3 is 41.5 Å². The van der Waals surface area contributed by atoms with Crippen molar-refractivity contribution in [2.45, 2.75) is 160 Å². The van der Waals surface area contributed by atoms with Crippen LogP contribution in [0.25, 0.3) is 0 Å². The molecule has 1 aliphatic heterocycles. The smallest absolute Gasteiger partial charge is 0.326 e. The number of carboxylic acid groups (broad SMARTS) is 1.